The van der Waals surface area contributed by atoms with Crippen molar-refractivity contribution in [1.82, 2.24) is 5.32 Å². The van der Waals surface area contributed by atoms with E-state index in [1.807, 2.05) is 37.3 Å². The number of benzene rings is 2. The number of amides is 1. The van der Waals surface area contributed by atoms with Crippen molar-refractivity contribution >= 4 is 34.2 Å². The van der Waals surface area contributed by atoms with Gasteiger partial charge in [0.15, 0.2) is 11.5 Å². The zero-order valence-corrected chi connectivity index (χ0v) is 16.1. The molecule has 0 radical (unpaired) electrons. The van der Waals surface area contributed by atoms with Gasteiger partial charge in [0.1, 0.15) is 11.3 Å². The Hall–Kier alpha value is -2.86. The summed E-state index contributed by atoms with van der Waals surface area (Å²) < 4.78 is 16.2. The van der Waals surface area contributed by atoms with E-state index in [9.17, 15) is 4.79 Å². The Kier molecular flexibility index (Phi) is 5.76. The van der Waals surface area contributed by atoms with Gasteiger partial charge in [-0.05, 0) is 19.1 Å². The van der Waals surface area contributed by atoms with Gasteiger partial charge in [-0.2, -0.15) is 0 Å². The second-order valence-corrected chi connectivity index (χ2v) is 6.42. The van der Waals surface area contributed by atoms with E-state index < -0.39 is 0 Å². The second-order valence-electron chi connectivity index (χ2n) is 6.02. The molecule has 7 heteroatoms. The number of anilines is 1. The Morgan fingerprint density at radius 3 is 2.56 bits per heavy atom. The lowest BCUT2D eigenvalue weighted by molar-refractivity contribution is -0.120. The summed E-state index contributed by atoms with van der Waals surface area (Å²) >= 11 is 6.22. The smallest absolute Gasteiger partial charge is 0.239 e. The number of fused-ring (bicyclic) bond motifs is 1. The lowest BCUT2D eigenvalue weighted by Crippen LogP contribution is -2.31. The molecule has 2 aromatic carbocycles. The number of methoxy groups -OCH3 is 2. The van der Waals surface area contributed by atoms with E-state index in [2.05, 4.69) is 10.6 Å². The number of hydrogen-bond donors (Lipinski definition) is 2. The van der Waals surface area contributed by atoms with Crippen molar-refractivity contribution in [3.63, 3.8) is 0 Å². The summed E-state index contributed by atoms with van der Waals surface area (Å²) in [6.45, 7) is 1.93. The maximum atomic E-state index is 12.3. The van der Waals surface area contributed by atoms with Gasteiger partial charge in [-0.3, -0.25) is 4.79 Å². The van der Waals surface area contributed by atoms with Crippen LogP contribution in [0.2, 0.25) is 5.02 Å². The minimum atomic E-state index is -0.257. The Morgan fingerprint density at radius 1 is 1.15 bits per heavy atom. The highest BCUT2D eigenvalue weighted by atomic mass is 35.5. The van der Waals surface area contributed by atoms with E-state index in [1.165, 1.54) is 14.2 Å². The lowest BCUT2D eigenvalue weighted by Gasteiger charge is -2.15. The first-order valence-electron chi connectivity index (χ1n) is 8.45. The second kappa shape index (κ2) is 8.22. The largest absolute Gasteiger partial charge is 0.493 e. The van der Waals surface area contributed by atoms with E-state index in [-0.39, 0.29) is 18.5 Å². The third kappa shape index (κ3) is 4.28. The SMILES string of the molecule is COc1cc(Cl)c(NCC(=O)NC(C)c2cc3ccccc3o2)cc1OC. The van der Waals surface area contributed by atoms with Crippen LogP contribution < -0.4 is 20.1 Å². The van der Waals surface area contributed by atoms with Gasteiger partial charge >= 0.3 is 0 Å². The molecule has 0 bridgehead atoms. The monoisotopic (exact) mass is 388 g/mol. The molecule has 3 aromatic rings. The molecule has 1 heterocycles. The highest BCUT2D eigenvalue weighted by Gasteiger charge is 2.15. The Bertz CT molecular complexity index is 921. The van der Waals surface area contributed by atoms with E-state index in [0.29, 0.717) is 28.0 Å². The average molecular weight is 389 g/mol. The van der Waals surface area contributed by atoms with E-state index in [4.69, 9.17) is 25.5 Å². The predicted octanol–water partition coefficient (Wildman–Crippen LogP) is 4.39. The topological polar surface area (TPSA) is 72.7 Å². The molecule has 0 aliphatic carbocycles. The minimum absolute atomic E-state index is 0.0553. The van der Waals surface area contributed by atoms with Crippen LogP contribution >= 0.6 is 11.6 Å². The van der Waals surface area contributed by atoms with Gasteiger partial charge in [-0.1, -0.05) is 29.8 Å². The highest BCUT2D eigenvalue weighted by molar-refractivity contribution is 6.33. The fraction of sp³-hybridized carbons (Fsp3) is 0.250. The van der Waals surface area contributed by atoms with Gasteiger partial charge in [-0.25, -0.2) is 0 Å². The number of ether oxygens (including phenoxy) is 2. The quantitative estimate of drug-likeness (QED) is 0.628. The van der Waals surface area contributed by atoms with Crippen LogP contribution in [0.3, 0.4) is 0 Å². The maximum Gasteiger partial charge on any atom is 0.239 e. The number of hydrogen-bond acceptors (Lipinski definition) is 5. The number of halogens is 1. The number of carbonyl (C=O) groups is 1. The molecule has 2 N–H and O–H groups in total. The normalized spacial score (nSPS) is 11.9. The molecule has 1 amide bonds. The molecule has 1 aromatic heterocycles. The molecule has 3 rings (SSSR count). The molecule has 27 heavy (non-hydrogen) atoms. The van der Waals surface area contributed by atoms with Crippen molar-refractivity contribution in [2.24, 2.45) is 0 Å². The molecular weight excluding hydrogens is 368 g/mol. The van der Waals surface area contributed by atoms with E-state index >= 15 is 0 Å². The molecule has 6 nitrogen and oxygen atoms in total. The highest BCUT2D eigenvalue weighted by Crippen LogP contribution is 2.35. The van der Waals surface area contributed by atoms with Crippen molar-refractivity contribution < 1.29 is 18.7 Å². The van der Waals surface area contributed by atoms with Crippen LogP contribution in [0.4, 0.5) is 5.69 Å². The number of rotatable bonds is 7. The number of para-hydroxylation sites is 1. The molecule has 0 fully saturated rings. The summed E-state index contributed by atoms with van der Waals surface area (Å²) in [7, 11) is 3.07. The van der Waals surface area contributed by atoms with Crippen LogP contribution in [0, 0.1) is 0 Å². The van der Waals surface area contributed by atoms with Crippen LogP contribution in [0.1, 0.15) is 18.7 Å². The van der Waals surface area contributed by atoms with Gasteiger partial charge in [0, 0.05) is 17.5 Å². The fourth-order valence-corrected chi connectivity index (χ4v) is 2.97. The number of nitrogens with one attached hydrogen (secondary N) is 2. The predicted molar refractivity (Wildman–Crippen MR) is 106 cm³/mol. The first kappa shape index (κ1) is 18.9. The molecule has 0 saturated heterocycles. The van der Waals surface area contributed by atoms with E-state index in [0.717, 1.165) is 11.0 Å². The Labute approximate surface area is 162 Å². The standard InChI is InChI=1S/C20H21ClN2O4/c1-12(17-8-13-6-4-5-7-16(13)27-17)23-20(24)11-22-15-10-19(26-3)18(25-2)9-14(15)21/h4-10,12,22H,11H2,1-3H3,(H,23,24). The van der Waals surface area contributed by atoms with Crippen LogP contribution in [-0.2, 0) is 4.79 Å². The van der Waals surface area contributed by atoms with Crippen LogP contribution in [0.5, 0.6) is 11.5 Å². The Balaban J connectivity index is 1.62. The molecule has 142 valence electrons. The molecule has 0 aliphatic rings. The number of carbonyl (C=O) groups excluding carboxylic acids is 1. The fourth-order valence-electron chi connectivity index (χ4n) is 2.74. The third-order valence-electron chi connectivity index (χ3n) is 4.16. The third-order valence-corrected chi connectivity index (χ3v) is 4.47. The first-order valence-corrected chi connectivity index (χ1v) is 8.83. The molecule has 1 atom stereocenters. The average Bonchev–Trinajstić information content (AvgIpc) is 3.11. The van der Waals surface area contributed by atoms with Crippen molar-refractivity contribution in [2.45, 2.75) is 13.0 Å². The van der Waals surface area contributed by atoms with Gasteiger partial charge in [-0.15, -0.1) is 0 Å². The zero-order chi connectivity index (χ0) is 19.4. The van der Waals surface area contributed by atoms with Gasteiger partial charge < -0.3 is 24.5 Å². The van der Waals surface area contributed by atoms with Crippen molar-refractivity contribution in [2.75, 3.05) is 26.1 Å². The summed E-state index contributed by atoms with van der Waals surface area (Å²) in [5.74, 6) is 1.57. The summed E-state index contributed by atoms with van der Waals surface area (Å²) in [5.41, 5.74) is 1.38. The summed E-state index contributed by atoms with van der Waals surface area (Å²) in [5, 5.41) is 7.36. The van der Waals surface area contributed by atoms with Gasteiger partial charge in [0.05, 0.1) is 37.5 Å². The van der Waals surface area contributed by atoms with E-state index in [1.54, 1.807) is 12.1 Å². The molecule has 1 unspecified atom stereocenters. The summed E-state index contributed by atoms with van der Waals surface area (Å²) in [6.07, 6.45) is 0. The van der Waals surface area contributed by atoms with Crippen LogP contribution in [0.25, 0.3) is 11.0 Å². The molecule has 0 spiro atoms. The lowest BCUT2D eigenvalue weighted by atomic mass is 10.2. The summed E-state index contributed by atoms with van der Waals surface area (Å²) in [6, 6.07) is 12.7. The van der Waals surface area contributed by atoms with Crippen molar-refractivity contribution in [3.8, 4) is 11.5 Å². The Morgan fingerprint density at radius 2 is 1.85 bits per heavy atom. The molecular formula is C20H21ClN2O4. The number of furan rings is 1. The van der Waals surface area contributed by atoms with Crippen molar-refractivity contribution in [3.05, 3.63) is 53.2 Å². The first-order chi connectivity index (χ1) is 13.0. The maximum absolute atomic E-state index is 12.3. The van der Waals surface area contributed by atoms with Crippen LogP contribution in [0.15, 0.2) is 46.9 Å². The van der Waals surface area contributed by atoms with Gasteiger partial charge in [0.2, 0.25) is 5.91 Å². The summed E-state index contributed by atoms with van der Waals surface area (Å²) in [4.78, 5) is 12.3. The van der Waals surface area contributed by atoms with Crippen molar-refractivity contribution in [1.29, 1.82) is 0 Å². The van der Waals surface area contributed by atoms with Gasteiger partial charge in [0.25, 0.3) is 0 Å². The minimum Gasteiger partial charge on any atom is -0.493 e. The molecule has 0 saturated carbocycles. The molecule has 0 aliphatic heterocycles. The zero-order valence-electron chi connectivity index (χ0n) is 15.3. The van der Waals surface area contributed by atoms with Crippen LogP contribution in [-0.4, -0.2) is 26.7 Å².